The van der Waals surface area contributed by atoms with Crippen LogP contribution in [0.2, 0.25) is 0 Å². The van der Waals surface area contributed by atoms with Crippen LogP contribution in [0, 0.1) is 5.92 Å². The number of ether oxygens (including phenoxy) is 2. The van der Waals surface area contributed by atoms with Gasteiger partial charge in [0.05, 0.1) is 31.0 Å². The maximum atomic E-state index is 13.3. The van der Waals surface area contributed by atoms with Gasteiger partial charge in [0.25, 0.3) is 5.91 Å². The third kappa shape index (κ3) is 4.73. The van der Waals surface area contributed by atoms with Crippen molar-refractivity contribution in [2.45, 2.75) is 38.3 Å². The molecule has 35 heavy (non-hydrogen) atoms. The van der Waals surface area contributed by atoms with E-state index in [1.807, 2.05) is 37.4 Å². The molecule has 1 aromatic heterocycles. The van der Waals surface area contributed by atoms with Crippen molar-refractivity contribution in [3.63, 3.8) is 0 Å². The van der Waals surface area contributed by atoms with Crippen LogP contribution < -0.4 is 20.1 Å². The third-order valence-corrected chi connectivity index (χ3v) is 7.02. The molecular formula is C26H32N4O5. The minimum Gasteiger partial charge on any atom is -0.497 e. The Bertz CT molecular complexity index is 1150. The molecule has 1 aliphatic carbocycles. The Morgan fingerprint density at radius 3 is 2.77 bits per heavy atom. The van der Waals surface area contributed by atoms with Gasteiger partial charge in [-0.1, -0.05) is 0 Å². The average Bonchev–Trinajstić information content (AvgIpc) is 3.36. The Morgan fingerprint density at radius 2 is 2.03 bits per heavy atom. The summed E-state index contributed by atoms with van der Waals surface area (Å²) in [5, 5.41) is 15.7. The fraction of sp³-hybridized carbons (Fsp3) is 0.462. The van der Waals surface area contributed by atoms with Crippen LogP contribution >= 0.6 is 0 Å². The number of aliphatic hydroxyl groups is 1. The van der Waals surface area contributed by atoms with Crippen molar-refractivity contribution < 1.29 is 24.2 Å². The predicted octanol–water partition coefficient (Wildman–Crippen LogP) is 1.95. The molecule has 0 bridgehead atoms. The molecule has 9 nitrogen and oxygen atoms in total. The molecule has 2 amide bonds. The van der Waals surface area contributed by atoms with Crippen LogP contribution in [0.25, 0.3) is 5.57 Å². The number of aromatic amines is 1. The quantitative estimate of drug-likeness (QED) is 0.459. The molecule has 2 aromatic rings. The highest BCUT2D eigenvalue weighted by molar-refractivity contribution is 6.20. The second-order valence-corrected chi connectivity index (χ2v) is 9.50. The molecule has 4 N–H and O–H groups in total. The van der Waals surface area contributed by atoms with Crippen LogP contribution in [0.3, 0.4) is 0 Å². The number of carbonyl (C=O) groups is 2. The number of hydrogen-bond donors (Lipinski definition) is 4. The van der Waals surface area contributed by atoms with Gasteiger partial charge in [-0.05, 0) is 50.3 Å². The number of nitrogens with one attached hydrogen (secondary N) is 3. The van der Waals surface area contributed by atoms with Gasteiger partial charge < -0.3 is 35.1 Å². The summed E-state index contributed by atoms with van der Waals surface area (Å²) in [6.45, 7) is 3.00. The highest BCUT2D eigenvalue weighted by atomic mass is 16.5. The smallest absolute Gasteiger partial charge is 0.255 e. The van der Waals surface area contributed by atoms with Crippen molar-refractivity contribution in [2.75, 3.05) is 33.4 Å². The summed E-state index contributed by atoms with van der Waals surface area (Å²) in [7, 11) is 1.64. The highest BCUT2D eigenvalue weighted by Gasteiger charge is 2.34. The molecule has 1 saturated heterocycles. The maximum Gasteiger partial charge on any atom is 0.255 e. The van der Waals surface area contributed by atoms with E-state index in [4.69, 9.17) is 14.6 Å². The molecular weight excluding hydrogens is 448 g/mol. The van der Waals surface area contributed by atoms with Crippen LogP contribution in [0.1, 0.15) is 49.0 Å². The van der Waals surface area contributed by atoms with E-state index in [2.05, 4.69) is 15.6 Å². The normalized spacial score (nSPS) is 21.4. The van der Waals surface area contributed by atoms with Crippen molar-refractivity contribution in [1.29, 1.82) is 0 Å². The number of H-pyrrole nitrogens is 1. The molecule has 5 rings (SSSR count). The largest absolute Gasteiger partial charge is 0.497 e. The first-order chi connectivity index (χ1) is 17.0. The lowest BCUT2D eigenvalue weighted by Gasteiger charge is -2.30. The van der Waals surface area contributed by atoms with Gasteiger partial charge in [0, 0.05) is 48.2 Å². The topological polar surface area (TPSA) is 116 Å². The van der Waals surface area contributed by atoms with E-state index < -0.39 is 6.61 Å². The first-order valence-electron chi connectivity index (χ1n) is 12.1. The molecule has 2 aliphatic heterocycles. The molecule has 0 spiro atoms. The lowest BCUT2D eigenvalue weighted by atomic mass is 9.90. The van der Waals surface area contributed by atoms with Crippen LogP contribution in [-0.2, 0) is 9.59 Å². The highest BCUT2D eigenvalue weighted by Crippen LogP contribution is 2.40. The van der Waals surface area contributed by atoms with Gasteiger partial charge in [0.1, 0.15) is 18.1 Å². The predicted molar refractivity (Wildman–Crippen MR) is 130 cm³/mol. The van der Waals surface area contributed by atoms with Crippen molar-refractivity contribution >= 4 is 17.4 Å². The van der Waals surface area contributed by atoms with Gasteiger partial charge >= 0.3 is 0 Å². The van der Waals surface area contributed by atoms with E-state index in [1.54, 1.807) is 12.0 Å². The number of nitrogens with zero attached hydrogens (tertiary/aromatic N) is 1. The standard InChI is InChI=1S/C26H32N4O5/c1-15-23(26(33)29-17-8-10-30(12-17)22(32)13-31)25-20(7-9-27-25)24(28-15)19-6-5-18(34-2)11-21(19)35-14-16-3-4-16/h5-7,9,11,16-17,24,27-28,31H,3-4,8,10,12-14H2,1-2H3,(H,29,33)/t17-,24?/m1/s1. The molecule has 186 valence electrons. The Kier molecular flexibility index (Phi) is 6.42. The lowest BCUT2D eigenvalue weighted by molar-refractivity contribution is -0.133. The number of aliphatic hydroxyl groups excluding tert-OH is 1. The van der Waals surface area contributed by atoms with Crippen molar-refractivity contribution in [3.8, 4) is 11.5 Å². The summed E-state index contributed by atoms with van der Waals surface area (Å²) < 4.78 is 11.6. The fourth-order valence-corrected chi connectivity index (χ4v) is 4.88. The van der Waals surface area contributed by atoms with E-state index in [1.165, 1.54) is 12.8 Å². The number of hydrogen-bond acceptors (Lipinski definition) is 6. The summed E-state index contributed by atoms with van der Waals surface area (Å²) in [4.78, 5) is 29.9. The number of likely N-dealkylation sites (tertiary alicyclic amines) is 1. The molecule has 2 atom stereocenters. The van der Waals surface area contributed by atoms with Gasteiger partial charge in [-0.3, -0.25) is 9.59 Å². The molecule has 9 heteroatoms. The third-order valence-electron chi connectivity index (χ3n) is 7.02. The van der Waals surface area contributed by atoms with E-state index in [0.717, 1.165) is 34.0 Å². The fourth-order valence-electron chi connectivity index (χ4n) is 4.88. The van der Waals surface area contributed by atoms with Crippen molar-refractivity contribution in [2.24, 2.45) is 5.92 Å². The second-order valence-electron chi connectivity index (χ2n) is 9.50. The number of amides is 2. The minimum atomic E-state index is -0.514. The van der Waals surface area contributed by atoms with Gasteiger partial charge in [-0.15, -0.1) is 0 Å². The molecule has 1 aromatic carbocycles. The molecule has 3 heterocycles. The Labute approximate surface area is 204 Å². The van der Waals surface area contributed by atoms with Gasteiger partial charge in [-0.25, -0.2) is 0 Å². The monoisotopic (exact) mass is 480 g/mol. The zero-order valence-electron chi connectivity index (χ0n) is 20.1. The molecule has 1 unspecified atom stereocenters. The molecule has 1 saturated carbocycles. The van der Waals surface area contributed by atoms with E-state index >= 15 is 0 Å². The Hall–Kier alpha value is -3.46. The van der Waals surface area contributed by atoms with Crippen LogP contribution in [0.15, 0.2) is 36.2 Å². The van der Waals surface area contributed by atoms with E-state index in [-0.39, 0.29) is 23.9 Å². The number of aromatic nitrogens is 1. The summed E-state index contributed by atoms with van der Waals surface area (Å²) in [6, 6.07) is 7.51. The number of methoxy groups -OCH3 is 1. The number of fused-ring (bicyclic) bond motifs is 1. The minimum absolute atomic E-state index is 0.154. The zero-order chi connectivity index (χ0) is 24.5. The SMILES string of the molecule is COc1ccc(C2NC(C)=C(C(=O)N[C@@H]3CCN(C(=O)CO)C3)c3[nH]ccc32)c(OCC2CC2)c1. The van der Waals surface area contributed by atoms with Gasteiger partial charge in [-0.2, -0.15) is 0 Å². The lowest BCUT2D eigenvalue weighted by Crippen LogP contribution is -2.41. The van der Waals surface area contributed by atoms with Crippen molar-refractivity contribution in [3.05, 3.63) is 53.0 Å². The van der Waals surface area contributed by atoms with E-state index in [9.17, 15) is 9.59 Å². The zero-order valence-corrected chi connectivity index (χ0v) is 20.1. The number of rotatable bonds is 8. The van der Waals surface area contributed by atoms with E-state index in [0.29, 0.717) is 37.6 Å². The average molecular weight is 481 g/mol. The second kappa shape index (κ2) is 9.65. The summed E-state index contributed by atoms with van der Waals surface area (Å²) in [5.41, 5.74) is 4.04. The molecule has 2 fully saturated rings. The number of carbonyl (C=O) groups excluding carboxylic acids is 2. The summed E-state index contributed by atoms with van der Waals surface area (Å²) in [5.74, 6) is 1.63. The number of benzene rings is 1. The van der Waals surface area contributed by atoms with Crippen molar-refractivity contribution in [1.82, 2.24) is 20.5 Å². The van der Waals surface area contributed by atoms with Crippen LogP contribution in [0.4, 0.5) is 0 Å². The van der Waals surface area contributed by atoms with Crippen LogP contribution in [0.5, 0.6) is 11.5 Å². The van der Waals surface area contributed by atoms with Gasteiger partial charge in [0.15, 0.2) is 0 Å². The first-order valence-corrected chi connectivity index (χ1v) is 12.1. The maximum absolute atomic E-state index is 13.3. The molecule has 0 radical (unpaired) electrons. The van der Waals surface area contributed by atoms with Crippen LogP contribution in [-0.4, -0.2) is 66.3 Å². The Morgan fingerprint density at radius 1 is 1.20 bits per heavy atom. The number of allylic oxidation sites excluding steroid dienone is 1. The first kappa shape index (κ1) is 23.3. The Balaban J connectivity index is 1.38. The van der Waals surface area contributed by atoms with Gasteiger partial charge in [0.2, 0.25) is 5.91 Å². The summed E-state index contributed by atoms with van der Waals surface area (Å²) in [6.07, 6.45) is 4.91. The molecule has 3 aliphatic rings. The summed E-state index contributed by atoms with van der Waals surface area (Å²) >= 11 is 0.